The molecular weight excluding hydrogens is 358 g/mol. The zero-order valence-corrected chi connectivity index (χ0v) is 16.6. The average molecular weight is 385 g/mol. The lowest BCUT2D eigenvalue weighted by Crippen LogP contribution is -2.40. The molecule has 0 aliphatic carbocycles. The minimum absolute atomic E-state index is 0.0346. The monoisotopic (exact) mass is 385 g/mol. The molecule has 0 aromatic heterocycles. The van der Waals surface area contributed by atoms with Gasteiger partial charge in [-0.2, -0.15) is 0 Å². The van der Waals surface area contributed by atoms with E-state index in [2.05, 4.69) is 0 Å². The van der Waals surface area contributed by atoms with Crippen LogP contribution in [0.4, 0.5) is 0 Å². The number of nitrogens with zero attached hydrogens (tertiary/aromatic N) is 1. The molecule has 28 heavy (non-hydrogen) atoms. The molecule has 1 amide bonds. The van der Waals surface area contributed by atoms with Crippen LogP contribution in [0.1, 0.15) is 38.3 Å². The topological polar surface area (TPSA) is 65.1 Å². The molecule has 1 aromatic rings. The lowest BCUT2D eigenvalue weighted by Gasteiger charge is -2.27. The second-order valence-corrected chi connectivity index (χ2v) is 7.84. The number of likely N-dealkylation sites (tertiary alicyclic amines) is 1. The first-order chi connectivity index (χ1) is 13.5. The molecule has 3 heterocycles. The van der Waals surface area contributed by atoms with E-state index in [-0.39, 0.29) is 24.0 Å². The summed E-state index contributed by atoms with van der Waals surface area (Å²) in [6.07, 6.45) is 5.30. The van der Waals surface area contributed by atoms with Crippen molar-refractivity contribution in [3.8, 4) is 5.75 Å². The maximum Gasteiger partial charge on any atom is 0.312 e. The minimum Gasteiger partial charge on any atom is -0.497 e. The van der Waals surface area contributed by atoms with Gasteiger partial charge in [-0.05, 0) is 31.0 Å². The number of benzene rings is 1. The molecule has 2 saturated heterocycles. The zero-order valence-electron chi connectivity index (χ0n) is 16.6. The Morgan fingerprint density at radius 2 is 2.11 bits per heavy atom. The molecule has 150 valence electrons. The summed E-state index contributed by atoms with van der Waals surface area (Å²) in [6, 6.07) is 7.59. The van der Waals surface area contributed by atoms with E-state index in [4.69, 9.17) is 14.2 Å². The van der Waals surface area contributed by atoms with Crippen LogP contribution in [0.3, 0.4) is 0 Å². The zero-order chi connectivity index (χ0) is 19.9. The van der Waals surface area contributed by atoms with E-state index < -0.39 is 17.4 Å². The van der Waals surface area contributed by atoms with Crippen LogP contribution in [-0.2, 0) is 19.1 Å². The second kappa shape index (κ2) is 7.24. The standard InChI is InChI=1S/C22H27NO5/c1-4-5-12-27-21(25)18-17-10-11-22(28-17)13-23(20(24)19(18)22)14(2)15-6-8-16(26-3)9-7-15/h6-11,14,17-19H,4-5,12-13H2,1-3H3/t14-,17+,18-,19-,22+/m0/s1. The fraction of sp³-hybridized carbons (Fsp3) is 0.545. The van der Waals surface area contributed by atoms with Crippen molar-refractivity contribution in [1.29, 1.82) is 0 Å². The maximum atomic E-state index is 13.3. The number of hydrogen-bond acceptors (Lipinski definition) is 5. The minimum atomic E-state index is -0.711. The van der Waals surface area contributed by atoms with Crippen molar-refractivity contribution in [3.63, 3.8) is 0 Å². The summed E-state index contributed by atoms with van der Waals surface area (Å²) >= 11 is 0. The van der Waals surface area contributed by atoms with Gasteiger partial charge in [0.05, 0.1) is 38.3 Å². The molecule has 1 aromatic carbocycles. The summed E-state index contributed by atoms with van der Waals surface area (Å²) in [6.45, 7) is 4.89. The third kappa shape index (κ3) is 2.91. The van der Waals surface area contributed by atoms with Gasteiger partial charge in [-0.15, -0.1) is 0 Å². The van der Waals surface area contributed by atoms with Crippen LogP contribution in [-0.4, -0.2) is 48.7 Å². The highest BCUT2D eigenvalue weighted by Crippen LogP contribution is 2.53. The lowest BCUT2D eigenvalue weighted by molar-refractivity contribution is -0.154. The van der Waals surface area contributed by atoms with E-state index >= 15 is 0 Å². The van der Waals surface area contributed by atoms with Crippen molar-refractivity contribution in [2.75, 3.05) is 20.3 Å². The van der Waals surface area contributed by atoms with Crippen LogP contribution < -0.4 is 4.74 Å². The van der Waals surface area contributed by atoms with Crippen LogP contribution in [0.2, 0.25) is 0 Å². The molecule has 4 rings (SSSR count). The van der Waals surface area contributed by atoms with Gasteiger partial charge in [0.25, 0.3) is 0 Å². The van der Waals surface area contributed by atoms with E-state index in [0.29, 0.717) is 13.2 Å². The Kier molecular flexibility index (Phi) is 4.91. The fourth-order valence-corrected chi connectivity index (χ4v) is 4.60. The van der Waals surface area contributed by atoms with E-state index in [1.165, 1.54) is 0 Å². The van der Waals surface area contributed by atoms with Crippen LogP contribution in [0, 0.1) is 11.8 Å². The smallest absolute Gasteiger partial charge is 0.312 e. The Morgan fingerprint density at radius 3 is 2.79 bits per heavy atom. The molecule has 5 atom stereocenters. The number of carbonyl (C=O) groups is 2. The Morgan fingerprint density at radius 1 is 1.36 bits per heavy atom. The summed E-state index contributed by atoms with van der Waals surface area (Å²) in [5.74, 6) is -0.631. The first-order valence-electron chi connectivity index (χ1n) is 9.99. The van der Waals surface area contributed by atoms with Gasteiger partial charge in [0, 0.05) is 0 Å². The SMILES string of the molecule is CCCCOC(=O)[C@@H]1[C@H]2C(=O)N([C@@H](C)c3ccc(OC)cc3)C[C@]23C=C[C@H]1O3. The molecule has 0 unspecified atom stereocenters. The van der Waals surface area contributed by atoms with Crippen LogP contribution in [0.5, 0.6) is 5.75 Å². The molecule has 0 saturated carbocycles. The number of amides is 1. The molecule has 3 aliphatic heterocycles. The van der Waals surface area contributed by atoms with Gasteiger partial charge in [-0.1, -0.05) is 37.6 Å². The number of ether oxygens (including phenoxy) is 3. The molecule has 0 radical (unpaired) electrons. The van der Waals surface area contributed by atoms with Gasteiger partial charge in [-0.25, -0.2) is 0 Å². The quantitative estimate of drug-likeness (QED) is 0.410. The summed E-state index contributed by atoms with van der Waals surface area (Å²) in [5.41, 5.74) is 0.308. The fourth-order valence-electron chi connectivity index (χ4n) is 4.60. The first kappa shape index (κ1) is 19.0. The molecule has 3 aliphatic rings. The van der Waals surface area contributed by atoms with E-state index in [0.717, 1.165) is 24.2 Å². The molecular formula is C22H27NO5. The van der Waals surface area contributed by atoms with Crippen LogP contribution in [0.15, 0.2) is 36.4 Å². The third-order valence-corrected chi connectivity index (χ3v) is 6.21. The highest BCUT2D eigenvalue weighted by molar-refractivity contribution is 5.91. The Bertz CT molecular complexity index is 789. The largest absolute Gasteiger partial charge is 0.497 e. The summed E-state index contributed by atoms with van der Waals surface area (Å²) in [4.78, 5) is 27.8. The van der Waals surface area contributed by atoms with Gasteiger partial charge in [-0.3, -0.25) is 9.59 Å². The predicted molar refractivity (Wildman–Crippen MR) is 103 cm³/mol. The van der Waals surface area contributed by atoms with Gasteiger partial charge in [0.2, 0.25) is 5.91 Å². The molecule has 2 bridgehead atoms. The number of carbonyl (C=O) groups excluding carboxylic acids is 2. The summed E-state index contributed by atoms with van der Waals surface area (Å²) < 4.78 is 16.8. The highest BCUT2D eigenvalue weighted by atomic mass is 16.6. The van der Waals surface area contributed by atoms with E-state index in [9.17, 15) is 9.59 Å². The van der Waals surface area contributed by atoms with Gasteiger partial charge in [0.1, 0.15) is 17.3 Å². The number of fused-ring (bicyclic) bond motifs is 1. The Hall–Kier alpha value is -2.34. The normalized spacial score (nSPS) is 31.2. The van der Waals surface area contributed by atoms with Crippen LogP contribution in [0.25, 0.3) is 0 Å². The number of unbranched alkanes of at least 4 members (excludes halogenated alkanes) is 1. The molecule has 2 fully saturated rings. The van der Waals surface area contributed by atoms with Crippen molar-refractivity contribution in [1.82, 2.24) is 4.90 Å². The maximum absolute atomic E-state index is 13.3. The second-order valence-electron chi connectivity index (χ2n) is 7.84. The number of rotatable bonds is 7. The number of methoxy groups -OCH3 is 1. The van der Waals surface area contributed by atoms with Gasteiger partial charge < -0.3 is 19.1 Å². The van der Waals surface area contributed by atoms with E-state index in [1.807, 2.05) is 55.2 Å². The highest BCUT2D eigenvalue weighted by Gasteiger charge is 2.67. The Balaban J connectivity index is 1.54. The van der Waals surface area contributed by atoms with Gasteiger partial charge in [0.15, 0.2) is 0 Å². The van der Waals surface area contributed by atoms with Crippen molar-refractivity contribution >= 4 is 11.9 Å². The van der Waals surface area contributed by atoms with Crippen LogP contribution >= 0.6 is 0 Å². The number of esters is 1. The number of hydrogen-bond donors (Lipinski definition) is 0. The third-order valence-electron chi connectivity index (χ3n) is 6.21. The van der Waals surface area contributed by atoms with Crippen molar-refractivity contribution < 1.29 is 23.8 Å². The van der Waals surface area contributed by atoms with Gasteiger partial charge >= 0.3 is 5.97 Å². The van der Waals surface area contributed by atoms with E-state index in [1.54, 1.807) is 7.11 Å². The predicted octanol–water partition coefficient (Wildman–Crippen LogP) is 2.88. The Labute approximate surface area is 165 Å². The van der Waals surface area contributed by atoms with Crippen molar-refractivity contribution in [2.45, 2.75) is 44.4 Å². The summed E-state index contributed by atoms with van der Waals surface area (Å²) in [7, 11) is 1.63. The molecule has 6 heteroatoms. The molecule has 6 nitrogen and oxygen atoms in total. The lowest BCUT2D eigenvalue weighted by atomic mass is 9.77. The molecule has 1 spiro atoms. The van der Waals surface area contributed by atoms with Crippen molar-refractivity contribution in [2.24, 2.45) is 11.8 Å². The summed E-state index contributed by atoms with van der Waals surface area (Å²) in [5, 5.41) is 0. The molecule has 0 N–H and O–H groups in total. The first-order valence-corrected chi connectivity index (χ1v) is 9.99. The van der Waals surface area contributed by atoms with Crippen molar-refractivity contribution in [3.05, 3.63) is 42.0 Å². The average Bonchev–Trinajstić information content (AvgIpc) is 3.36.